The van der Waals surface area contributed by atoms with Crippen molar-refractivity contribution in [1.82, 2.24) is 9.55 Å². The number of para-hydroxylation sites is 1. The van der Waals surface area contributed by atoms with Crippen molar-refractivity contribution in [3.63, 3.8) is 0 Å². The largest absolute Gasteiger partial charge is 0.457 e. The van der Waals surface area contributed by atoms with Crippen LogP contribution in [-0.4, -0.2) is 15.9 Å². The molecule has 0 radical (unpaired) electrons. The highest BCUT2D eigenvalue weighted by Crippen LogP contribution is 2.33. The number of pyridine rings is 1. The first kappa shape index (κ1) is 22.3. The van der Waals surface area contributed by atoms with Crippen LogP contribution in [0, 0.1) is 6.92 Å². The first-order valence-electron chi connectivity index (χ1n) is 11.7. The summed E-state index contributed by atoms with van der Waals surface area (Å²) in [7, 11) is 0. The Kier molecular flexibility index (Phi) is 5.84. The fourth-order valence-corrected chi connectivity index (χ4v) is 4.86. The van der Waals surface area contributed by atoms with Crippen LogP contribution in [0.2, 0.25) is 0 Å². The second-order valence-corrected chi connectivity index (χ2v) is 9.52. The van der Waals surface area contributed by atoms with Gasteiger partial charge in [-0.3, -0.25) is 9.55 Å². The van der Waals surface area contributed by atoms with Crippen LogP contribution in [0.4, 0.5) is 5.69 Å². The number of fused-ring (bicyclic) bond motifs is 3. The van der Waals surface area contributed by atoms with Gasteiger partial charge in [0.25, 0.3) is 0 Å². The summed E-state index contributed by atoms with van der Waals surface area (Å²) in [6.45, 7) is 2.09. The smallest absolute Gasteiger partial charge is 0.129 e. The van der Waals surface area contributed by atoms with Gasteiger partial charge in [-0.2, -0.15) is 0 Å². The van der Waals surface area contributed by atoms with Crippen LogP contribution in [0.25, 0.3) is 32.9 Å². The Hall–Kier alpha value is -4.22. The maximum absolute atomic E-state index is 6.16. The first-order valence-corrected chi connectivity index (χ1v) is 12.5. The van der Waals surface area contributed by atoms with E-state index in [1.807, 2.05) is 61.2 Å². The molecule has 0 aliphatic carbocycles. The van der Waals surface area contributed by atoms with E-state index in [0.29, 0.717) is 0 Å². The molecule has 2 aromatic heterocycles. The van der Waals surface area contributed by atoms with E-state index in [9.17, 15) is 0 Å². The standard InChI is InChI=1S/C31H22BrN3O/c1-21-17-23(22-13-15-33-16-14-22)9-12-29(21)34-20-35-30-8-3-2-7-27(30)28-11-10-26(19-31(28)35)36-25-6-4-5-24(32)18-25/h2-20H,1H3/b34-20+. The van der Waals surface area contributed by atoms with Crippen molar-refractivity contribution in [2.45, 2.75) is 6.92 Å². The Morgan fingerprint density at radius 2 is 1.56 bits per heavy atom. The van der Waals surface area contributed by atoms with E-state index in [4.69, 9.17) is 9.73 Å². The number of hydrogen-bond donors (Lipinski definition) is 0. The molecule has 5 heteroatoms. The lowest BCUT2D eigenvalue weighted by Crippen LogP contribution is -1.95. The van der Waals surface area contributed by atoms with Crippen LogP contribution < -0.4 is 4.74 Å². The minimum atomic E-state index is 0.774. The summed E-state index contributed by atoms with van der Waals surface area (Å²) in [4.78, 5) is 9.00. The molecule has 0 atom stereocenters. The number of rotatable bonds is 5. The van der Waals surface area contributed by atoms with Crippen LogP contribution in [0.3, 0.4) is 0 Å². The molecule has 6 aromatic rings. The zero-order valence-electron chi connectivity index (χ0n) is 19.6. The molecule has 6 rings (SSSR count). The molecule has 2 heterocycles. The van der Waals surface area contributed by atoms with E-state index in [1.54, 1.807) is 0 Å². The van der Waals surface area contributed by atoms with Crippen LogP contribution in [-0.2, 0) is 0 Å². The van der Waals surface area contributed by atoms with Gasteiger partial charge in [0.2, 0.25) is 0 Å². The normalized spacial score (nSPS) is 11.5. The average molecular weight is 532 g/mol. The Bertz CT molecular complexity index is 1740. The summed E-state index contributed by atoms with van der Waals surface area (Å²) in [5.74, 6) is 1.56. The van der Waals surface area contributed by atoms with Crippen molar-refractivity contribution in [2.24, 2.45) is 4.99 Å². The molecule has 174 valence electrons. The molecule has 4 aromatic carbocycles. The van der Waals surface area contributed by atoms with E-state index in [2.05, 4.69) is 87.0 Å². The van der Waals surface area contributed by atoms with Gasteiger partial charge in [-0.1, -0.05) is 46.3 Å². The van der Waals surface area contributed by atoms with Crippen molar-refractivity contribution in [1.29, 1.82) is 0 Å². The van der Waals surface area contributed by atoms with Gasteiger partial charge in [-0.25, -0.2) is 4.99 Å². The lowest BCUT2D eigenvalue weighted by molar-refractivity contribution is 0.483. The Morgan fingerprint density at radius 3 is 2.39 bits per heavy atom. The molecule has 36 heavy (non-hydrogen) atoms. The Balaban J connectivity index is 1.41. The molecule has 0 saturated carbocycles. The lowest BCUT2D eigenvalue weighted by Gasteiger charge is -2.08. The molecule has 0 saturated heterocycles. The van der Waals surface area contributed by atoms with Crippen LogP contribution in [0.1, 0.15) is 5.56 Å². The molecule has 0 N–H and O–H groups in total. The number of aliphatic imine (C=N–C) groups is 1. The number of hydrogen-bond acceptors (Lipinski definition) is 3. The molecular formula is C31H22BrN3O. The summed E-state index contributed by atoms with van der Waals surface area (Å²) >= 11 is 3.51. The zero-order valence-corrected chi connectivity index (χ0v) is 21.2. The quantitative estimate of drug-likeness (QED) is 0.164. The monoisotopic (exact) mass is 531 g/mol. The average Bonchev–Trinajstić information content (AvgIpc) is 3.21. The Labute approximate surface area is 217 Å². The molecule has 0 bridgehead atoms. The van der Waals surface area contributed by atoms with Gasteiger partial charge in [0.1, 0.15) is 17.8 Å². The van der Waals surface area contributed by atoms with Crippen LogP contribution >= 0.6 is 15.9 Å². The lowest BCUT2D eigenvalue weighted by atomic mass is 10.0. The first-order chi connectivity index (χ1) is 17.7. The van der Waals surface area contributed by atoms with E-state index < -0.39 is 0 Å². The summed E-state index contributed by atoms with van der Waals surface area (Å²) in [5.41, 5.74) is 6.48. The molecule has 0 unspecified atom stereocenters. The third-order valence-corrected chi connectivity index (χ3v) is 6.73. The van der Waals surface area contributed by atoms with Gasteiger partial charge >= 0.3 is 0 Å². The highest BCUT2D eigenvalue weighted by Gasteiger charge is 2.11. The highest BCUT2D eigenvalue weighted by atomic mass is 79.9. The SMILES string of the molecule is Cc1cc(-c2ccncc2)ccc1/N=C/n1c2ccccc2c2ccc(Oc3cccc(Br)c3)cc21. The minimum absolute atomic E-state index is 0.774. The topological polar surface area (TPSA) is 39.4 Å². The molecule has 0 aliphatic heterocycles. The van der Waals surface area contributed by atoms with Gasteiger partial charge in [0, 0.05) is 33.7 Å². The van der Waals surface area contributed by atoms with E-state index in [-0.39, 0.29) is 0 Å². The number of halogens is 1. The summed E-state index contributed by atoms with van der Waals surface area (Å²) in [6.07, 6.45) is 5.53. The van der Waals surface area contributed by atoms with E-state index in [1.165, 1.54) is 5.39 Å². The summed E-state index contributed by atoms with van der Waals surface area (Å²) in [5, 5.41) is 2.33. The summed E-state index contributed by atoms with van der Waals surface area (Å²) in [6, 6.07) is 32.8. The van der Waals surface area contributed by atoms with Crippen molar-refractivity contribution < 1.29 is 4.74 Å². The molecular weight excluding hydrogens is 510 g/mol. The molecule has 4 nitrogen and oxygen atoms in total. The fraction of sp³-hybridized carbons (Fsp3) is 0.0323. The maximum atomic E-state index is 6.16. The van der Waals surface area contributed by atoms with Crippen LogP contribution in [0.15, 0.2) is 119 Å². The third kappa shape index (κ3) is 4.30. The number of benzene rings is 4. The van der Waals surface area contributed by atoms with Crippen LogP contribution in [0.5, 0.6) is 11.5 Å². The molecule has 0 fully saturated rings. The van der Waals surface area contributed by atoms with Crippen molar-refractivity contribution in [3.05, 3.63) is 119 Å². The van der Waals surface area contributed by atoms with Crippen molar-refractivity contribution in [2.75, 3.05) is 0 Å². The molecule has 0 aliphatic rings. The van der Waals surface area contributed by atoms with Crippen molar-refractivity contribution in [3.8, 4) is 22.6 Å². The maximum Gasteiger partial charge on any atom is 0.129 e. The highest BCUT2D eigenvalue weighted by molar-refractivity contribution is 9.10. The zero-order chi connectivity index (χ0) is 24.5. The number of nitrogens with zero attached hydrogens (tertiary/aromatic N) is 3. The molecule has 0 amide bonds. The number of ether oxygens (including phenoxy) is 1. The van der Waals surface area contributed by atoms with E-state index >= 15 is 0 Å². The minimum Gasteiger partial charge on any atom is -0.457 e. The number of aromatic nitrogens is 2. The van der Waals surface area contributed by atoms with Gasteiger partial charge in [0.05, 0.1) is 16.7 Å². The van der Waals surface area contributed by atoms with Gasteiger partial charge in [-0.05, 0) is 84.3 Å². The van der Waals surface area contributed by atoms with Crippen molar-refractivity contribution >= 4 is 49.8 Å². The van der Waals surface area contributed by atoms with E-state index in [0.717, 1.165) is 54.8 Å². The predicted molar refractivity (Wildman–Crippen MR) is 152 cm³/mol. The molecule has 0 spiro atoms. The van der Waals surface area contributed by atoms with Gasteiger partial charge < -0.3 is 4.74 Å². The fourth-order valence-electron chi connectivity index (χ4n) is 4.48. The second-order valence-electron chi connectivity index (χ2n) is 8.61. The second kappa shape index (κ2) is 9.44. The predicted octanol–water partition coefficient (Wildman–Crippen LogP) is 8.93. The Morgan fingerprint density at radius 1 is 0.750 bits per heavy atom. The number of aryl methyl sites for hydroxylation is 1. The van der Waals surface area contributed by atoms with Gasteiger partial charge in [-0.15, -0.1) is 0 Å². The van der Waals surface area contributed by atoms with Gasteiger partial charge in [0.15, 0.2) is 0 Å². The summed E-state index contributed by atoms with van der Waals surface area (Å²) < 4.78 is 9.28. The third-order valence-electron chi connectivity index (χ3n) is 6.24.